The average molecular weight is 316 g/mol. The largest absolute Gasteiger partial charge is 0.459 e. The maximum absolute atomic E-state index is 11.1. The van der Waals surface area contributed by atoms with Gasteiger partial charge in [0, 0.05) is 12.1 Å². The number of nitrogens with one attached hydrogen (secondary N) is 1. The van der Waals surface area contributed by atoms with Crippen molar-refractivity contribution in [1.82, 2.24) is 5.32 Å². The van der Waals surface area contributed by atoms with Crippen molar-refractivity contribution in [3.05, 3.63) is 52.3 Å². The molecule has 2 N–H and O–H groups in total. The zero-order chi connectivity index (χ0) is 16.2. The van der Waals surface area contributed by atoms with Gasteiger partial charge in [-0.3, -0.25) is 10.1 Å². The van der Waals surface area contributed by atoms with Gasteiger partial charge in [-0.2, -0.15) is 0 Å². The van der Waals surface area contributed by atoms with Crippen LogP contribution in [0.5, 0.6) is 0 Å². The van der Waals surface area contributed by atoms with Crippen LogP contribution in [0.25, 0.3) is 11.3 Å². The predicted octanol–water partition coefficient (Wildman–Crippen LogP) is 3.25. The Bertz CT molecular complexity index is 683. The van der Waals surface area contributed by atoms with E-state index in [0.29, 0.717) is 23.6 Å². The number of rotatable bonds is 5. The van der Waals surface area contributed by atoms with E-state index in [1.165, 1.54) is 6.07 Å². The Morgan fingerprint density at radius 1 is 1.22 bits per heavy atom. The Labute approximate surface area is 134 Å². The predicted molar refractivity (Wildman–Crippen MR) is 85.9 cm³/mol. The van der Waals surface area contributed by atoms with Crippen molar-refractivity contribution < 1.29 is 14.4 Å². The van der Waals surface area contributed by atoms with Crippen molar-refractivity contribution >= 4 is 5.69 Å². The van der Waals surface area contributed by atoms with Gasteiger partial charge < -0.3 is 14.8 Å². The van der Waals surface area contributed by atoms with Gasteiger partial charge in [0.25, 0.3) is 5.69 Å². The highest BCUT2D eigenvalue weighted by atomic mass is 16.6. The van der Waals surface area contributed by atoms with Gasteiger partial charge in [-0.25, -0.2) is 0 Å². The molecule has 23 heavy (non-hydrogen) atoms. The lowest BCUT2D eigenvalue weighted by Gasteiger charge is -2.28. The van der Waals surface area contributed by atoms with E-state index in [0.717, 1.165) is 25.7 Å². The second-order valence-electron chi connectivity index (χ2n) is 5.88. The highest BCUT2D eigenvalue weighted by Gasteiger charge is 2.23. The molecule has 1 heterocycles. The summed E-state index contributed by atoms with van der Waals surface area (Å²) in [6.07, 6.45) is 3.67. The molecular weight excluding hydrogens is 296 g/mol. The van der Waals surface area contributed by atoms with Crippen LogP contribution < -0.4 is 5.32 Å². The van der Waals surface area contributed by atoms with Crippen molar-refractivity contribution in [3.63, 3.8) is 0 Å². The van der Waals surface area contributed by atoms with Gasteiger partial charge >= 0.3 is 0 Å². The number of para-hydroxylation sites is 1. The van der Waals surface area contributed by atoms with Crippen LogP contribution in [0.3, 0.4) is 0 Å². The van der Waals surface area contributed by atoms with E-state index >= 15 is 0 Å². The summed E-state index contributed by atoms with van der Waals surface area (Å²) >= 11 is 0. The Kier molecular flexibility index (Phi) is 4.73. The summed E-state index contributed by atoms with van der Waals surface area (Å²) in [5, 5.41) is 24.4. The number of aliphatic hydroxyl groups is 1. The molecule has 2 aromatic rings. The summed E-state index contributed by atoms with van der Waals surface area (Å²) in [6.45, 7) is 0.502. The Morgan fingerprint density at radius 3 is 2.78 bits per heavy atom. The molecule has 3 rings (SSSR count). The van der Waals surface area contributed by atoms with E-state index in [9.17, 15) is 15.2 Å². The van der Waals surface area contributed by atoms with Crippen LogP contribution in [0.15, 0.2) is 40.8 Å². The number of nitro benzene ring substituents is 1. The molecule has 0 unspecified atom stereocenters. The van der Waals surface area contributed by atoms with Crippen LogP contribution in [0, 0.1) is 10.1 Å². The minimum atomic E-state index is -0.409. The second-order valence-corrected chi connectivity index (χ2v) is 5.88. The fourth-order valence-electron chi connectivity index (χ4n) is 3.04. The summed E-state index contributed by atoms with van der Waals surface area (Å²) in [7, 11) is 0. The van der Waals surface area contributed by atoms with Crippen LogP contribution in [0.2, 0.25) is 0 Å². The van der Waals surface area contributed by atoms with Crippen molar-refractivity contribution in [3.8, 4) is 11.3 Å². The highest BCUT2D eigenvalue weighted by Crippen LogP contribution is 2.31. The van der Waals surface area contributed by atoms with Gasteiger partial charge in [-0.15, -0.1) is 0 Å². The van der Waals surface area contributed by atoms with E-state index in [1.807, 2.05) is 6.07 Å². The summed E-state index contributed by atoms with van der Waals surface area (Å²) in [4.78, 5) is 10.7. The summed E-state index contributed by atoms with van der Waals surface area (Å²) in [5.74, 6) is 1.19. The zero-order valence-electron chi connectivity index (χ0n) is 12.8. The van der Waals surface area contributed by atoms with Crippen molar-refractivity contribution in [2.45, 2.75) is 44.4 Å². The van der Waals surface area contributed by atoms with E-state index < -0.39 is 4.92 Å². The first kappa shape index (κ1) is 15.7. The molecule has 1 aromatic heterocycles. The highest BCUT2D eigenvalue weighted by molar-refractivity contribution is 5.69. The molecule has 0 aliphatic heterocycles. The third kappa shape index (κ3) is 3.60. The monoisotopic (exact) mass is 316 g/mol. The number of nitro groups is 1. The van der Waals surface area contributed by atoms with Crippen LogP contribution in [0.1, 0.15) is 31.4 Å². The van der Waals surface area contributed by atoms with Gasteiger partial charge in [-0.1, -0.05) is 25.0 Å². The van der Waals surface area contributed by atoms with Gasteiger partial charge in [0.2, 0.25) is 0 Å². The van der Waals surface area contributed by atoms with Gasteiger partial charge in [0.1, 0.15) is 11.5 Å². The Hall–Kier alpha value is -2.18. The first-order valence-electron chi connectivity index (χ1n) is 7.89. The molecular formula is C17H20N2O4. The quantitative estimate of drug-likeness (QED) is 0.653. The van der Waals surface area contributed by atoms with Crippen LogP contribution in [0.4, 0.5) is 5.69 Å². The number of hydrogen-bond donors (Lipinski definition) is 2. The molecule has 2 atom stereocenters. The van der Waals surface area contributed by atoms with Crippen LogP contribution in [-0.4, -0.2) is 22.2 Å². The second kappa shape index (κ2) is 6.93. The fraction of sp³-hybridized carbons (Fsp3) is 0.412. The maximum Gasteiger partial charge on any atom is 0.280 e. The molecule has 6 heteroatoms. The van der Waals surface area contributed by atoms with Gasteiger partial charge in [-0.05, 0) is 31.0 Å². The topological polar surface area (TPSA) is 88.5 Å². The number of hydrogen-bond acceptors (Lipinski definition) is 5. The average Bonchev–Trinajstić information content (AvgIpc) is 3.03. The lowest BCUT2D eigenvalue weighted by molar-refractivity contribution is -0.384. The number of nitrogens with zero attached hydrogens (tertiary/aromatic N) is 1. The molecule has 1 aliphatic carbocycles. The van der Waals surface area contributed by atoms with E-state index in [2.05, 4.69) is 5.32 Å². The van der Waals surface area contributed by atoms with Gasteiger partial charge in [0.15, 0.2) is 0 Å². The molecule has 6 nitrogen and oxygen atoms in total. The summed E-state index contributed by atoms with van der Waals surface area (Å²) in [5.41, 5.74) is 0.505. The van der Waals surface area contributed by atoms with Crippen LogP contribution in [-0.2, 0) is 6.54 Å². The third-order valence-corrected chi connectivity index (χ3v) is 4.30. The number of benzene rings is 1. The minimum Gasteiger partial charge on any atom is -0.459 e. The molecule has 0 radical (unpaired) electrons. The molecule has 1 fully saturated rings. The van der Waals surface area contributed by atoms with Crippen molar-refractivity contribution in [2.75, 3.05) is 0 Å². The standard InChI is InChI=1S/C17H20N2O4/c20-16-8-4-2-6-14(16)18-11-12-9-10-17(23-12)13-5-1-3-7-15(13)19(21)22/h1,3,5,7,9-10,14,16,18,20H,2,4,6,8,11H2/t14-,16+/m0/s1. The first-order chi connectivity index (χ1) is 11.1. The zero-order valence-corrected chi connectivity index (χ0v) is 12.8. The van der Waals surface area contributed by atoms with Crippen molar-refractivity contribution in [1.29, 1.82) is 0 Å². The molecule has 0 amide bonds. The normalized spacial score (nSPS) is 21.3. The van der Waals surface area contributed by atoms with Crippen LogP contribution >= 0.6 is 0 Å². The number of aliphatic hydroxyl groups excluding tert-OH is 1. The molecule has 0 spiro atoms. The molecule has 1 saturated carbocycles. The van der Waals surface area contributed by atoms with E-state index in [-0.39, 0.29) is 17.8 Å². The molecule has 122 valence electrons. The summed E-state index contributed by atoms with van der Waals surface area (Å²) < 4.78 is 5.74. The van der Waals surface area contributed by atoms with Gasteiger partial charge in [0.05, 0.1) is 23.1 Å². The Balaban J connectivity index is 1.70. The molecule has 0 saturated heterocycles. The molecule has 1 aliphatic rings. The SMILES string of the molecule is O=[N+]([O-])c1ccccc1-c1ccc(CN[C@H]2CCCC[C@H]2O)o1. The Morgan fingerprint density at radius 2 is 2.00 bits per heavy atom. The third-order valence-electron chi connectivity index (χ3n) is 4.30. The fourth-order valence-corrected chi connectivity index (χ4v) is 3.04. The van der Waals surface area contributed by atoms with Crippen molar-refractivity contribution in [2.24, 2.45) is 0 Å². The number of furan rings is 1. The van der Waals surface area contributed by atoms with E-state index in [4.69, 9.17) is 4.42 Å². The lowest BCUT2D eigenvalue weighted by atomic mass is 9.92. The molecule has 1 aromatic carbocycles. The van der Waals surface area contributed by atoms with E-state index in [1.54, 1.807) is 24.3 Å². The first-order valence-corrected chi connectivity index (χ1v) is 7.89. The molecule has 0 bridgehead atoms. The maximum atomic E-state index is 11.1. The summed E-state index contributed by atoms with van der Waals surface area (Å²) in [6, 6.07) is 10.2. The smallest absolute Gasteiger partial charge is 0.280 e. The lowest BCUT2D eigenvalue weighted by Crippen LogP contribution is -2.41. The minimum absolute atomic E-state index is 0.0315.